The van der Waals surface area contributed by atoms with Crippen molar-refractivity contribution < 1.29 is 64.3 Å². The van der Waals surface area contributed by atoms with Crippen LogP contribution in [0.25, 0.3) is 10.4 Å². The first-order valence-corrected chi connectivity index (χ1v) is 4.48. The minimum atomic E-state index is -5.12. The van der Waals surface area contributed by atoms with E-state index in [9.17, 15) is 12.9 Å². The summed E-state index contributed by atoms with van der Waals surface area (Å²) in [5.41, 5.74) is 13.6. The first kappa shape index (κ1) is 17.0. The van der Waals surface area contributed by atoms with Crippen LogP contribution in [0.15, 0.2) is 17.2 Å². The van der Waals surface area contributed by atoms with Crippen LogP contribution in [0.5, 0.6) is 0 Å². The molecule has 9 heteroatoms. The zero-order chi connectivity index (χ0) is 12.3. The van der Waals surface area contributed by atoms with Crippen molar-refractivity contribution in [3.05, 3.63) is 33.7 Å². The summed E-state index contributed by atoms with van der Waals surface area (Å²) >= 11 is 0. The fourth-order valence-corrected chi connectivity index (χ4v) is 1.33. The summed E-state index contributed by atoms with van der Waals surface area (Å²) in [5.74, 6) is 0. The Bertz CT molecular complexity index is 457. The topological polar surface area (TPSA) is 74.8 Å². The van der Waals surface area contributed by atoms with Crippen LogP contribution in [0, 0.1) is 6.92 Å². The molecule has 86 valence electrons. The quantitative estimate of drug-likeness (QED) is 0.340. The van der Waals surface area contributed by atoms with Gasteiger partial charge in [0.2, 0.25) is 0 Å². The second-order valence-corrected chi connectivity index (χ2v) is 3.29. The van der Waals surface area contributed by atoms with E-state index in [1.807, 2.05) is 0 Å². The summed E-state index contributed by atoms with van der Waals surface area (Å²) < 4.78 is 37.6. The summed E-state index contributed by atoms with van der Waals surface area (Å²) in [6.07, 6.45) is 0. The average molecular weight is 268 g/mol. The normalized spacial score (nSPS) is 10.4. The van der Waals surface area contributed by atoms with Gasteiger partial charge in [-0.3, -0.25) is 0 Å². The molecule has 0 atom stereocenters. The zero-order valence-electron chi connectivity index (χ0n) is 9.49. The Labute approximate surface area is 139 Å². The second-order valence-electron chi connectivity index (χ2n) is 3.29. The number of hydrogen-bond donors (Lipinski definition) is 1. The summed E-state index contributed by atoms with van der Waals surface area (Å²) in [6, 6.07) is 1.83. The molecule has 2 N–H and O–H groups in total. The molecule has 0 aliphatic heterocycles. The van der Waals surface area contributed by atoms with Crippen molar-refractivity contribution in [3.63, 3.8) is 0 Å². The van der Waals surface area contributed by atoms with Crippen LogP contribution in [0.2, 0.25) is 0 Å². The summed E-state index contributed by atoms with van der Waals surface area (Å²) in [4.78, 5) is 2.49. The smallest absolute Gasteiger partial charge is 0.445 e. The van der Waals surface area contributed by atoms with E-state index in [4.69, 9.17) is 11.3 Å². The van der Waals surface area contributed by atoms with Gasteiger partial charge in [-0.15, -0.1) is 5.46 Å². The van der Waals surface area contributed by atoms with E-state index in [0.717, 1.165) is 12.1 Å². The van der Waals surface area contributed by atoms with Gasteiger partial charge in [0, 0.05) is 17.1 Å². The predicted molar refractivity (Wildman–Crippen MR) is 56.6 cm³/mol. The molecule has 0 unspecified atom stereocenters. The van der Waals surface area contributed by atoms with Gasteiger partial charge in [0.1, 0.15) is 0 Å². The molecule has 1 rings (SSSR count). The summed E-state index contributed by atoms with van der Waals surface area (Å²) in [6.45, 7) is -3.58. The van der Waals surface area contributed by atoms with Gasteiger partial charge in [-0.2, -0.15) is 0 Å². The van der Waals surface area contributed by atoms with Crippen LogP contribution in [0.4, 0.5) is 18.6 Å². The van der Waals surface area contributed by atoms with Gasteiger partial charge in [-0.25, -0.2) is 0 Å². The van der Waals surface area contributed by atoms with E-state index in [-0.39, 0.29) is 63.6 Å². The summed E-state index contributed by atoms with van der Waals surface area (Å²) in [7, 11) is 0. The molecule has 0 saturated heterocycles. The zero-order valence-corrected chi connectivity index (χ0v) is 12.6. The molecule has 0 aliphatic carbocycles. The molecule has 0 heterocycles. The molecule has 0 bridgehead atoms. The molecule has 1 aromatic carbocycles. The van der Waals surface area contributed by atoms with Crippen LogP contribution < -0.4 is 62.6 Å². The Morgan fingerprint density at radius 1 is 1.41 bits per heavy atom. The van der Waals surface area contributed by atoms with Crippen molar-refractivity contribution in [1.29, 1.82) is 0 Å². The summed E-state index contributed by atoms with van der Waals surface area (Å²) in [5, 5.41) is 3.22. The third kappa shape index (κ3) is 4.29. The van der Waals surface area contributed by atoms with Crippen molar-refractivity contribution in [1.82, 2.24) is 0 Å². The average Bonchev–Trinajstić information content (AvgIpc) is 2.19. The monoisotopic (exact) mass is 268 g/mol. The van der Waals surface area contributed by atoms with Crippen molar-refractivity contribution in [2.24, 2.45) is 10.8 Å². The van der Waals surface area contributed by atoms with E-state index >= 15 is 0 Å². The maximum atomic E-state index is 12.5. The number of nitrogens with two attached hydrogens (primary N) is 1. The Hall–Kier alpha value is -0.0187. The van der Waals surface area contributed by atoms with E-state index in [1.165, 1.54) is 0 Å². The van der Waals surface area contributed by atoms with Crippen LogP contribution in [-0.4, -0.2) is 6.98 Å². The van der Waals surface area contributed by atoms with E-state index in [2.05, 4.69) is 10.0 Å². The van der Waals surface area contributed by atoms with Crippen LogP contribution in [0.1, 0.15) is 11.1 Å². The molecule has 0 radical (unpaired) electrons. The number of hydrogen-bond acceptors (Lipinski definition) is 2. The molecule has 1 aromatic rings. The number of nitrogens with zero attached hydrogens (tertiary/aromatic N) is 3. The van der Waals surface area contributed by atoms with Crippen molar-refractivity contribution >= 4 is 18.1 Å². The van der Waals surface area contributed by atoms with Gasteiger partial charge < -0.3 is 18.7 Å². The first-order chi connectivity index (χ1) is 7.40. The van der Waals surface area contributed by atoms with Crippen molar-refractivity contribution in [3.8, 4) is 0 Å². The fourth-order valence-electron chi connectivity index (χ4n) is 1.33. The van der Waals surface area contributed by atoms with Gasteiger partial charge in [0.25, 0.3) is 0 Å². The Kier molecular flexibility index (Phi) is 6.78. The number of halogens is 3. The minimum absolute atomic E-state index is 0. The van der Waals surface area contributed by atoms with Crippen LogP contribution in [0.3, 0.4) is 0 Å². The Balaban J connectivity index is 0.00000256. The third-order valence-electron chi connectivity index (χ3n) is 2.26. The minimum Gasteiger partial charge on any atom is -0.445 e. The van der Waals surface area contributed by atoms with Gasteiger partial charge in [-0.1, -0.05) is 17.2 Å². The van der Waals surface area contributed by atoms with Gasteiger partial charge >= 0.3 is 58.4 Å². The standard InChI is InChI=1S/C8H9BF3N4.K/c1-5-6(4-13)2-7(9(10,11)12)3-8(5)15-16-14;/h2-3H,4,13H2,1H3;/q-1;+1. The SMILES string of the molecule is Cc1c(CN)cc([B-](F)(F)F)cc1N=[N+]=[N-].[K+]. The largest absolute Gasteiger partial charge is 1.00 e. The molecule has 0 fully saturated rings. The van der Waals surface area contributed by atoms with Gasteiger partial charge in [0.15, 0.2) is 0 Å². The third-order valence-corrected chi connectivity index (χ3v) is 2.26. The first-order valence-electron chi connectivity index (χ1n) is 4.48. The maximum Gasteiger partial charge on any atom is 1.00 e. The van der Waals surface area contributed by atoms with Gasteiger partial charge in [-0.05, 0) is 23.6 Å². The Morgan fingerprint density at radius 3 is 2.41 bits per heavy atom. The van der Waals surface area contributed by atoms with E-state index < -0.39 is 12.4 Å². The maximum absolute atomic E-state index is 12.5. The molecule has 0 amide bonds. The van der Waals surface area contributed by atoms with Crippen molar-refractivity contribution in [2.45, 2.75) is 13.5 Å². The van der Waals surface area contributed by atoms with E-state index in [1.54, 1.807) is 6.92 Å². The van der Waals surface area contributed by atoms with Gasteiger partial charge in [0.05, 0.1) is 0 Å². The molecule has 0 aliphatic rings. The fraction of sp³-hybridized carbons (Fsp3) is 0.250. The second kappa shape index (κ2) is 6.79. The van der Waals surface area contributed by atoms with Crippen LogP contribution in [-0.2, 0) is 6.54 Å². The molecular formula is C8H9BF3KN4. The number of rotatable bonds is 3. The Morgan fingerprint density at radius 2 is 2.00 bits per heavy atom. The molecule has 0 spiro atoms. The van der Waals surface area contributed by atoms with E-state index in [0.29, 0.717) is 11.1 Å². The molecule has 0 saturated carbocycles. The van der Waals surface area contributed by atoms with Crippen molar-refractivity contribution in [2.75, 3.05) is 0 Å². The number of azide groups is 1. The number of benzene rings is 1. The molecular weight excluding hydrogens is 259 g/mol. The molecule has 0 aromatic heterocycles. The predicted octanol–water partition coefficient (Wildman–Crippen LogP) is -0.546. The van der Waals surface area contributed by atoms with Crippen LogP contribution >= 0.6 is 0 Å². The molecule has 4 nitrogen and oxygen atoms in total. The molecule has 17 heavy (non-hydrogen) atoms.